The third kappa shape index (κ3) is 8.19. The molecule has 4 aliphatic carbocycles. The molecule has 4 fully saturated rings. The highest BCUT2D eigenvalue weighted by Crippen LogP contribution is 2.51. The molecule has 17 heteroatoms. The molecule has 7 rings (SSSR count). The van der Waals surface area contributed by atoms with Crippen molar-refractivity contribution in [1.82, 2.24) is 24.8 Å². The van der Waals surface area contributed by atoms with Gasteiger partial charge in [-0.2, -0.15) is 26.3 Å². The Balaban J connectivity index is 1.19. The average Bonchev–Trinajstić information content (AvgIpc) is 3.61. The first-order chi connectivity index (χ1) is 26.2. The average molecular weight is 800 g/mol. The normalized spacial score (nSPS) is 28.4. The van der Waals surface area contributed by atoms with Crippen LogP contribution in [0.5, 0.6) is 5.75 Å². The molecule has 4 atom stereocenters. The van der Waals surface area contributed by atoms with E-state index < -0.39 is 65.5 Å². The Morgan fingerprint density at radius 1 is 1.02 bits per heavy atom. The number of carbonyl (C=O) groups excluding carboxylic acids is 1. The Bertz CT molecular complexity index is 1950. The Kier molecular flexibility index (Phi) is 10.6. The molecule has 1 amide bonds. The summed E-state index contributed by atoms with van der Waals surface area (Å²) in [6.07, 6.45) is -4.12. The number of nitrogens with zero attached hydrogens (tertiary/aromatic N) is 4. The van der Waals surface area contributed by atoms with Crippen LogP contribution in [0, 0.1) is 17.8 Å². The highest BCUT2D eigenvalue weighted by Gasteiger charge is 2.56. The second kappa shape index (κ2) is 14.7. The van der Waals surface area contributed by atoms with E-state index in [1.54, 1.807) is 22.8 Å². The van der Waals surface area contributed by atoms with Crippen molar-refractivity contribution in [1.29, 1.82) is 0 Å². The van der Waals surface area contributed by atoms with Gasteiger partial charge < -0.3 is 19.7 Å². The van der Waals surface area contributed by atoms with Gasteiger partial charge in [0.1, 0.15) is 11.3 Å². The molecule has 0 spiro atoms. The molecule has 4 saturated carbocycles. The third-order valence-electron chi connectivity index (χ3n) is 12.5. The minimum atomic E-state index is -5.13. The first kappa shape index (κ1) is 40.2. The number of halogens is 8. The van der Waals surface area contributed by atoms with E-state index in [2.05, 4.69) is 15.3 Å². The quantitative estimate of drug-likeness (QED) is 0.208. The van der Waals surface area contributed by atoms with Crippen molar-refractivity contribution in [3.05, 3.63) is 41.9 Å². The van der Waals surface area contributed by atoms with Gasteiger partial charge >= 0.3 is 18.3 Å². The number of hydrogen-bond donors (Lipinski definition) is 2. The van der Waals surface area contributed by atoms with Crippen LogP contribution in [0.15, 0.2) is 30.6 Å². The van der Waals surface area contributed by atoms with E-state index in [0.29, 0.717) is 55.2 Å². The minimum absolute atomic E-state index is 0.0214. The molecule has 2 bridgehead atoms. The van der Waals surface area contributed by atoms with E-state index >= 15 is 0 Å². The number of carbonyl (C=O) groups is 2. The van der Waals surface area contributed by atoms with E-state index in [0.717, 1.165) is 12.6 Å². The van der Waals surface area contributed by atoms with E-state index in [4.69, 9.17) is 4.74 Å². The SMILES string of the molecule is CC1CC2CC(C1)C(NC(=O)c1cnc(-c3cn(C4CCC(F)(F)CC4)c4cc(OC5CCC(N(C)CC(F)(F)F)CC5)ccc34)nc1C(F)(F)F)(C(=O)O)C2. The lowest BCUT2D eigenvalue weighted by atomic mass is 9.78. The molecule has 0 radical (unpaired) electrons. The topological polar surface area (TPSA) is 110 Å². The molecule has 2 N–H and O–H groups in total. The van der Waals surface area contributed by atoms with E-state index in [1.807, 2.05) is 6.92 Å². The smallest absolute Gasteiger partial charge is 0.434 e. The molecule has 0 saturated heterocycles. The van der Waals surface area contributed by atoms with Gasteiger partial charge in [0.2, 0.25) is 5.92 Å². The molecule has 3 aromatic rings. The number of aliphatic carboxylic acids is 1. The van der Waals surface area contributed by atoms with Crippen LogP contribution >= 0.6 is 0 Å². The van der Waals surface area contributed by atoms with Crippen molar-refractivity contribution in [2.75, 3.05) is 13.6 Å². The number of fused-ring (bicyclic) bond motifs is 3. The van der Waals surface area contributed by atoms with Crippen molar-refractivity contribution < 1.29 is 54.6 Å². The number of ether oxygens (including phenoxy) is 1. The fraction of sp³-hybridized carbons (Fsp3) is 0.641. The summed E-state index contributed by atoms with van der Waals surface area (Å²) in [5.74, 6) is -5.55. The molecule has 9 nitrogen and oxygen atoms in total. The van der Waals surface area contributed by atoms with Crippen molar-refractivity contribution in [2.45, 2.75) is 126 Å². The highest BCUT2D eigenvalue weighted by atomic mass is 19.4. The summed E-state index contributed by atoms with van der Waals surface area (Å²) >= 11 is 0. The minimum Gasteiger partial charge on any atom is -0.490 e. The van der Waals surface area contributed by atoms with Crippen LogP contribution in [0.2, 0.25) is 0 Å². The van der Waals surface area contributed by atoms with Gasteiger partial charge in [-0.3, -0.25) is 9.69 Å². The lowest BCUT2D eigenvalue weighted by molar-refractivity contribution is -0.149. The number of rotatable bonds is 9. The third-order valence-corrected chi connectivity index (χ3v) is 12.5. The standard InChI is InChI=1S/C39H45F8N5O4/c1-21-13-22-15-23(14-21)37(17-22,35(54)55)50-34(53)29-18-48-33(49-32(29)39(45,46)47)30-19-52(25-9-11-36(40,41)12-10-25)31-16-27(7-8-28(30)31)56-26-5-3-24(4-6-26)51(2)20-38(42,43)44/h7-8,16,18-19,21-26H,3-6,9-15,17,20H2,1-2H3,(H,50,53)(H,54,55). The lowest BCUT2D eigenvalue weighted by Crippen LogP contribution is -2.57. The highest BCUT2D eigenvalue weighted by molar-refractivity contribution is 6.00. The number of amides is 1. The molecular formula is C39H45F8N5O4. The number of carboxylic acid groups (broad SMARTS) is 1. The molecule has 2 heterocycles. The van der Waals surface area contributed by atoms with E-state index in [1.165, 1.54) is 18.1 Å². The lowest BCUT2D eigenvalue weighted by Gasteiger charge is -2.35. The monoisotopic (exact) mass is 799 g/mol. The number of carboxylic acids is 1. The van der Waals surface area contributed by atoms with Crippen LogP contribution in [-0.2, 0) is 11.0 Å². The van der Waals surface area contributed by atoms with Gasteiger partial charge in [0, 0.05) is 54.3 Å². The number of hydrogen-bond acceptors (Lipinski definition) is 6. The van der Waals surface area contributed by atoms with Crippen LogP contribution in [0.3, 0.4) is 0 Å². The Labute approximate surface area is 318 Å². The van der Waals surface area contributed by atoms with Gasteiger partial charge in [0.25, 0.3) is 5.91 Å². The second-order valence-corrected chi connectivity index (χ2v) is 16.6. The van der Waals surface area contributed by atoms with Crippen LogP contribution in [0.4, 0.5) is 35.1 Å². The van der Waals surface area contributed by atoms with Crippen LogP contribution in [0.1, 0.15) is 106 Å². The molecule has 306 valence electrons. The van der Waals surface area contributed by atoms with Crippen LogP contribution in [0.25, 0.3) is 22.3 Å². The Morgan fingerprint density at radius 3 is 2.36 bits per heavy atom. The maximum absolute atomic E-state index is 14.7. The van der Waals surface area contributed by atoms with Gasteiger partial charge in [0.05, 0.1) is 23.7 Å². The van der Waals surface area contributed by atoms with Gasteiger partial charge in [-0.1, -0.05) is 6.92 Å². The molecule has 4 unspecified atom stereocenters. The predicted molar refractivity (Wildman–Crippen MR) is 188 cm³/mol. The van der Waals surface area contributed by atoms with Crippen molar-refractivity contribution in [3.8, 4) is 17.1 Å². The molecule has 56 heavy (non-hydrogen) atoms. The molecular weight excluding hydrogens is 754 g/mol. The zero-order valence-electron chi connectivity index (χ0n) is 31.0. The summed E-state index contributed by atoms with van der Waals surface area (Å²) in [5, 5.41) is 13.2. The zero-order valence-corrected chi connectivity index (χ0v) is 31.0. The van der Waals surface area contributed by atoms with E-state index in [9.17, 15) is 49.8 Å². The van der Waals surface area contributed by atoms with Crippen LogP contribution in [-0.4, -0.2) is 79.8 Å². The number of alkyl halides is 8. The molecule has 4 aliphatic rings. The van der Waals surface area contributed by atoms with Gasteiger partial charge in [-0.15, -0.1) is 0 Å². The van der Waals surface area contributed by atoms with Crippen LogP contribution < -0.4 is 10.1 Å². The van der Waals surface area contributed by atoms with Crippen molar-refractivity contribution in [3.63, 3.8) is 0 Å². The Morgan fingerprint density at radius 2 is 1.71 bits per heavy atom. The number of aromatic nitrogens is 3. The second-order valence-electron chi connectivity index (χ2n) is 16.6. The fourth-order valence-corrected chi connectivity index (χ4v) is 9.86. The van der Waals surface area contributed by atoms with Crippen molar-refractivity contribution >= 4 is 22.8 Å². The summed E-state index contributed by atoms with van der Waals surface area (Å²) in [5.41, 5.74) is -3.53. The Hall–Kier alpha value is -4.02. The maximum Gasteiger partial charge on any atom is 0.434 e. The first-order valence-corrected chi connectivity index (χ1v) is 19.2. The van der Waals surface area contributed by atoms with Crippen molar-refractivity contribution in [2.24, 2.45) is 17.8 Å². The molecule has 2 aromatic heterocycles. The summed E-state index contributed by atoms with van der Waals surface area (Å²) in [7, 11) is 1.44. The first-order valence-electron chi connectivity index (χ1n) is 19.2. The largest absolute Gasteiger partial charge is 0.490 e. The summed E-state index contributed by atoms with van der Waals surface area (Å²) in [6.45, 7) is 0.974. The zero-order chi connectivity index (χ0) is 40.4. The molecule has 0 aliphatic heterocycles. The van der Waals surface area contributed by atoms with Gasteiger partial charge in [-0.25, -0.2) is 23.5 Å². The van der Waals surface area contributed by atoms with Gasteiger partial charge in [-0.05, 0) is 101 Å². The van der Waals surface area contributed by atoms with E-state index in [-0.39, 0.29) is 67.5 Å². The number of nitrogens with one attached hydrogen (secondary N) is 1. The summed E-state index contributed by atoms with van der Waals surface area (Å²) in [6, 6.07) is 4.21. The summed E-state index contributed by atoms with van der Waals surface area (Å²) in [4.78, 5) is 35.6. The maximum atomic E-state index is 14.7. The fourth-order valence-electron chi connectivity index (χ4n) is 9.86. The summed E-state index contributed by atoms with van der Waals surface area (Å²) < 4.78 is 119. The van der Waals surface area contributed by atoms with Gasteiger partial charge in [0.15, 0.2) is 11.5 Å². The number of benzene rings is 1. The molecule has 1 aromatic carbocycles. The predicted octanol–water partition coefficient (Wildman–Crippen LogP) is 9.06.